The smallest absolute Gasteiger partial charge is 0.278 e. The Kier molecular flexibility index (Phi) is 7.67. The molecule has 7 nitrogen and oxygen atoms in total. The molecule has 0 bridgehead atoms. The van der Waals surface area contributed by atoms with Crippen molar-refractivity contribution in [2.24, 2.45) is 0 Å². The molecular formula is C24H28N2O5. The van der Waals surface area contributed by atoms with Crippen molar-refractivity contribution in [3.05, 3.63) is 59.8 Å². The maximum absolute atomic E-state index is 13.3. The summed E-state index contributed by atoms with van der Waals surface area (Å²) in [6.07, 6.45) is 1.45. The summed E-state index contributed by atoms with van der Waals surface area (Å²) in [6, 6.07) is 14.5. The normalized spacial score (nSPS) is 13.7. The van der Waals surface area contributed by atoms with E-state index in [4.69, 9.17) is 14.2 Å². The number of benzene rings is 2. The topological polar surface area (TPSA) is 77.1 Å². The van der Waals surface area contributed by atoms with Crippen molar-refractivity contribution in [3.8, 4) is 11.5 Å². The molecule has 0 aliphatic carbocycles. The summed E-state index contributed by atoms with van der Waals surface area (Å²) in [4.78, 5) is 27.8. The van der Waals surface area contributed by atoms with E-state index < -0.39 is 0 Å². The number of carbonyl (C=O) groups excluding carboxylic acids is 2. The van der Waals surface area contributed by atoms with Crippen molar-refractivity contribution in [2.45, 2.75) is 19.8 Å². The Morgan fingerprint density at radius 1 is 0.968 bits per heavy atom. The van der Waals surface area contributed by atoms with Crippen molar-refractivity contribution in [1.82, 2.24) is 4.90 Å². The Hall–Kier alpha value is -3.32. The van der Waals surface area contributed by atoms with Crippen molar-refractivity contribution in [3.63, 3.8) is 0 Å². The molecule has 1 N–H and O–H groups in total. The number of para-hydroxylation sites is 1. The van der Waals surface area contributed by atoms with Gasteiger partial charge in [0.05, 0.1) is 19.3 Å². The summed E-state index contributed by atoms with van der Waals surface area (Å²) in [7, 11) is 3.13. The summed E-state index contributed by atoms with van der Waals surface area (Å²) in [5.41, 5.74) is 1.74. The second-order valence-corrected chi connectivity index (χ2v) is 7.06. The summed E-state index contributed by atoms with van der Waals surface area (Å²) in [5.74, 6) is 0.491. The summed E-state index contributed by atoms with van der Waals surface area (Å²) in [6.45, 7) is 3.37. The van der Waals surface area contributed by atoms with Crippen LogP contribution in [0.3, 0.4) is 0 Å². The van der Waals surface area contributed by atoms with Crippen LogP contribution in [-0.2, 0) is 14.3 Å². The molecule has 0 fully saturated rings. The highest BCUT2D eigenvalue weighted by Gasteiger charge is 2.39. The molecule has 1 aliphatic heterocycles. The second-order valence-electron chi connectivity index (χ2n) is 7.06. The fourth-order valence-electron chi connectivity index (χ4n) is 3.39. The van der Waals surface area contributed by atoms with Crippen molar-refractivity contribution in [1.29, 1.82) is 0 Å². The second kappa shape index (κ2) is 10.6. The molecule has 0 atom stereocenters. The van der Waals surface area contributed by atoms with Gasteiger partial charge in [-0.15, -0.1) is 0 Å². The van der Waals surface area contributed by atoms with E-state index >= 15 is 0 Å². The zero-order valence-corrected chi connectivity index (χ0v) is 18.1. The molecule has 0 saturated heterocycles. The van der Waals surface area contributed by atoms with E-state index in [9.17, 15) is 9.59 Å². The number of nitrogens with one attached hydrogen (secondary N) is 1. The van der Waals surface area contributed by atoms with E-state index in [-0.39, 0.29) is 24.1 Å². The third-order valence-corrected chi connectivity index (χ3v) is 4.85. The first-order valence-corrected chi connectivity index (χ1v) is 10.3. The van der Waals surface area contributed by atoms with Gasteiger partial charge in [0.1, 0.15) is 17.2 Å². The van der Waals surface area contributed by atoms with Crippen LogP contribution >= 0.6 is 0 Å². The molecule has 0 saturated carbocycles. The minimum Gasteiger partial charge on any atom is -0.496 e. The van der Waals surface area contributed by atoms with Gasteiger partial charge in [-0.3, -0.25) is 14.5 Å². The van der Waals surface area contributed by atoms with Gasteiger partial charge in [-0.1, -0.05) is 31.2 Å². The SMILES string of the molecule is CCCOc1cccc(NC2=C(c3ccccc3OC)C(=O)N(CCCOC)C2=O)c1. The zero-order valence-electron chi connectivity index (χ0n) is 18.1. The lowest BCUT2D eigenvalue weighted by atomic mass is 10.0. The average Bonchev–Trinajstić information content (AvgIpc) is 3.02. The van der Waals surface area contributed by atoms with Crippen LogP contribution in [0.4, 0.5) is 5.69 Å². The summed E-state index contributed by atoms with van der Waals surface area (Å²) < 4.78 is 16.2. The van der Waals surface area contributed by atoms with Crippen LogP contribution in [0.2, 0.25) is 0 Å². The fraction of sp³-hybridized carbons (Fsp3) is 0.333. The lowest BCUT2D eigenvalue weighted by Gasteiger charge is -2.15. The van der Waals surface area contributed by atoms with Gasteiger partial charge >= 0.3 is 0 Å². The molecule has 3 rings (SSSR count). The van der Waals surface area contributed by atoms with Crippen LogP contribution in [0, 0.1) is 0 Å². The summed E-state index contributed by atoms with van der Waals surface area (Å²) in [5, 5.41) is 3.16. The standard InChI is InChI=1S/C24H28N2O5/c1-4-14-31-18-10-7-9-17(16-18)25-22-21(19-11-5-6-12-20(19)30-3)23(27)26(24(22)28)13-8-15-29-2/h5-7,9-12,16,25H,4,8,13-15H2,1-3H3. The number of ether oxygens (including phenoxy) is 3. The molecule has 0 unspecified atom stereocenters. The first kappa shape index (κ1) is 22.4. The molecule has 7 heteroatoms. The third-order valence-electron chi connectivity index (χ3n) is 4.85. The molecule has 0 aromatic heterocycles. The number of methoxy groups -OCH3 is 2. The van der Waals surface area contributed by atoms with Crippen LogP contribution in [-0.4, -0.2) is 50.7 Å². The number of rotatable bonds is 11. The fourth-order valence-corrected chi connectivity index (χ4v) is 3.39. The highest BCUT2D eigenvalue weighted by molar-refractivity contribution is 6.37. The number of hydrogen-bond acceptors (Lipinski definition) is 6. The highest BCUT2D eigenvalue weighted by Crippen LogP contribution is 2.35. The van der Waals surface area contributed by atoms with Crippen LogP contribution < -0.4 is 14.8 Å². The largest absolute Gasteiger partial charge is 0.496 e. The maximum Gasteiger partial charge on any atom is 0.278 e. The zero-order chi connectivity index (χ0) is 22.2. The molecule has 164 valence electrons. The van der Waals surface area contributed by atoms with Crippen molar-refractivity contribution < 1.29 is 23.8 Å². The molecule has 2 amide bonds. The van der Waals surface area contributed by atoms with Gasteiger partial charge in [0.2, 0.25) is 0 Å². The van der Waals surface area contributed by atoms with E-state index in [2.05, 4.69) is 5.32 Å². The molecular weight excluding hydrogens is 396 g/mol. The number of nitrogens with zero attached hydrogens (tertiary/aromatic N) is 1. The number of anilines is 1. The number of amides is 2. The maximum atomic E-state index is 13.3. The third kappa shape index (κ3) is 5.06. The molecule has 0 radical (unpaired) electrons. The summed E-state index contributed by atoms with van der Waals surface area (Å²) >= 11 is 0. The minimum absolute atomic E-state index is 0.222. The first-order valence-electron chi connectivity index (χ1n) is 10.3. The average molecular weight is 424 g/mol. The molecule has 2 aromatic carbocycles. The monoisotopic (exact) mass is 424 g/mol. The van der Waals surface area contributed by atoms with E-state index in [0.717, 1.165) is 6.42 Å². The van der Waals surface area contributed by atoms with E-state index in [1.54, 1.807) is 26.4 Å². The van der Waals surface area contributed by atoms with E-state index in [0.29, 0.717) is 48.0 Å². The quantitative estimate of drug-likeness (QED) is 0.438. The Bertz CT molecular complexity index is 970. The van der Waals surface area contributed by atoms with Gasteiger partial charge in [0.25, 0.3) is 11.8 Å². The van der Waals surface area contributed by atoms with Crippen molar-refractivity contribution in [2.75, 3.05) is 39.3 Å². The number of imide groups is 1. The van der Waals surface area contributed by atoms with Gasteiger partial charge in [0.15, 0.2) is 0 Å². The van der Waals surface area contributed by atoms with Gasteiger partial charge in [-0.25, -0.2) is 0 Å². The van der Waals surface area contributed by atoms with Crippen LogP contribution in [0.25, 0.3) is 5.57 Å². The van der Waals surface area contributed by atoms with Crippen LogP contribution in [0.5, 0.6) is 11.5 Å². The predicted octanol–water partition coefficient (Wildman–Crippen LogP) is 3.71. The lowest BCUT2D eigenvalue weighted by Crippen LogP contribution is -2.33. The van der Waals surface area contributed by atoms with Crippen LogP contribution in [0.15, 0.2) is 54.2 Å². The Balaban J connectivity index is 1.99. The lowest BCUT2D eigenvalue weighted by molar-refractivity contribution is -0.137. The van der Waals surface area contributed by atoms with Gasteiger partial charge in [-0.05, 0) is 31.0 Å². The van der Waals surface area contributed by atoms with E-state index in [1.807, 2.05) is 43.3 Å². The number of carbonyl (C=O) groups is 2. The molecule has 1 heterocycles. The number of hydrogen-bond donors (Lipinski definition) is 1. The van der Waals surface area contributed by atoms with Gasteiger partial charge in [0, 0.05) is 37.6 Å². The molecule has 2 aromatic rings. The highest BCUT2D eigenvalue weighted by atomic mass is 16.5. The van der Waals surface area contributed by atoms with Gasteiger partial charge in [-0.2, -0.15) is 0 Å². The Morgan fingerprint density at radius 3 is 2.52 bits per heavy atom. The van der Waals surface area contributed by atoms with Gasteiger partial charge < -0.3 is 19.5 Å². The predicted molar refractivity (Wildman–Crippen MR) is 119 cm³/mol. The molecule has 31 heavy (non-hydrogen) atoms. The minimum atomic E-state index is -0.373. The van der Waals surface area contributed by atoms with E-state index in [1.165, 1.54) is 4.90 Å². The van der Waals surface area contributed by atoms with Crippen LogP contribution in [0.1, 0.15) is 25.3 Å². The molecule has 0 spiro atoms. The Morgan fingerprint density at radius 2 is 1.77 bits per heavy atom. The first-order chi connectivity index (χ1) is 15.1. The van der Waals surface area contributed by atoms with Crippen molar-refractivity contribution >= 4 is 23.1 Å². The Labute approximate surface area is 182 Å². The molecule has 1 aliphatic rings.